The molecule has 2 aliphatic carbocycles. The van der Waals surface area contributed by atoms with Crippen molar-refractivity contribution in [2.24, 2.45) is 10.9 Å². The first-order valence-corrected chi connectivity index (χ1v) is 9.28. The quantitative estimate of drug-likeness (QED) is 0.724. The highest BCUT2D eigenvalue weighted by Crippen LogP contribution is 2.42. The maximum atomic E-state index is 4.76. The van der Waals surface area contributed by atoms with Crippen LogP contribution in [0.1, 0.15) is 59.7 Å². The summed E-state index contributed by atoms with van der Waals surface area (Å²) >= 11 is 0. The van der Waals surface area contributed by atoms with Crippen molar-refractivity contribution >= 4 is 17.4 Å². The van der Waals surface area contributed by atoms with Crippen molar-refractivity contribution < 1.29 is 0 Å². The molecule has 1 fully saturated rings. The Hall–Kier alpha value is -2.48. The molecule has 0 bridgehead atoms. The Balaban J connectivity index is 1.41. The average molecular weight is 326 g/mol. The minimum absolute atomic E-state index is 0.404. The van der Waals surface area contributed by atoms with Crippen LogP contribution in [-0.4, -0.2) is 11.2 Å². The molecule has 1 aromatic carbocycles. The number of rotatable bonds is 4. The van der Waals surface area contributed by atoms with Gasteiger partial charge in [-0.1, -0.05) is 43.2 Å². The zero-order chi connectivity index (χ0) is 16.8. The van der Waals surface area contributed by atoms with Crippen LogP contribution in [0.15, 0.2) is 53.7 Å². The average Bonchev–Trinajstić information content (AvgIpc) is 3.16. The molecular weight excluding hydrogens is 304 g/mol. The van der Waals surface area contributed by atoms with Gasteiger partial charge >= 0.3 is 0 Å². The third kappa shape index (κ3) is 2.76. The lowest BCUT2D eigenvalue weighted by Crippen LogP contribution is -1.95. The Bertz CT molecular complexity index is 929. The van der Waals surface area contributed by atoms with E-state index in [1.165, 1.54) is 52.7 Å². The topological polar surface area (TPSA) is 25.2 Å². The van der Waals surface area contributed by atoms with Gasteiger partial charge in [0.15, 0.2) is 0 Å². The molecule has 0 amide bonds. The summed E-state index contributed by atoms with van der Waals surface area (Å²) in [5.41, 5.74) is 9.08. The Morgan fingerprint density at radius 3 is 2.92 bits per heavy atom. The predicted octanol–water partition coefficient (Wildman–Crippen LogP) is 5.53. The van der Waals surface area contributed by atoms with Crippen LogP contribution in [0.3, 0.4) is 0 Å². The Morgan fingerprint density at radius 2 is 2.08 bits per heavy atom. The fourth-order valence-electron chi connectivity index (χ4n) is 4.00. The van der Waals surface area contributed by atoms with Gasteiger partial charge in [-0.05, 0) is 65.7 Å². The van der Waals surface area contributed by atoms with E-state index in [2.05, 4.69) is 54.5 Å². The van der Waals surface area contributed by atoms with E-state index in [0.29, 0.717) is 6.04 Å². The van der Waals surface area contributed by atoms with E-state index < -0.39 is 0 Å². The predicted molar refractivity (Wildman–Crippen MR) is 104 cm³/mol. The van der Waals surface area contributed by atoms with Crippen molar-refractivity contribution in [3.8, 4) is 0 Å². The molecule has 25 heavy (non-hydrogen) atoms. The maximum Gasteiger partial charge on any atom is 0.0758 e. The first-order valence-electron chi connectivity index (χ1n) is 9.28. The molecule has 2 nitrogen and oxygen atoms in total. The van der Waals surface area contributed by atoms with Crippen LogP contribution in [0.5, 0.6) is 0 Å². The van der Waals surface area contributed by atoms with Gasteiger partial charge in [0, 0.05) is 23.7 Å². The van der Waals surface area contributed by atoms with E-state index in [0.717, 1.165) is 18.0 Å². The molecule has 5 rings (SSSR count). The van der Waals surface area contributed by atoms with Gasteiger partial charge < -0.3 is 0 Å². The molecule has 2 heterocycles. The van der Waals surface area contributed by atoms with E-state index in [1.807, 2.05) is 12.3 Å². The van der Waals surface area contributed by atoms with Crippen LogP contribution in [-0.2, 0) is 0 Å². The zero-order valence-corrected chi connectivity index (χ0v) is 14.6. The van der Waals surface area contributed by atoms with Crippen molar-refractivity contribution in [2.75, 3.05) is 0 Å². The molecule has 1 unspecified atom stereocenters. The van der Waals surface area contributed by atoms with Crippen LogP contribution < -0.4 is 0 Å². The molecular formula is C23H22N2. The van der Waals surface area contributed by atoms with Gasteiger partial charge in [0.05, 0.1) is 6.04 Å². The molecule has 1 aromatic heterocycles. The number of aromatic nitrogens is 1. The molecule has 0 spiro atoms. The lowest BCUT2D eigenvalue weighted by atomic mass is 9.95. The van der Waals surface area contributed by atoms with Gasteiger partial charge in [-0.15, -0.1) is 0 Å². The molecule has 0 N–H and O–H groups in total. The van der Waals surface area contributed by atoms with Crippen molar-refractivity contribution in [1.82, 2.24) is 4.98 Å². The molecule has 2 aromatic rings. The Labute approximate surface area is 149 Å². The highest BCUT2D eigenvalue weighted by molar-refractivity contribution is 5.92. The second-order valence-electron chi connectivity index (χ2n) is 7.49. The number of fused-ring (bicyclic) bond motifs is 1. The number of aryl methyl sites for hydroxylation is 1. The molecule has 1 aliphatic heterocycles. The van der Waals surface area contributed by atoms with Crippen molar-refractivity contribution in [3.63, 3.8) is 0 Å². The van der Waals surface area contributed by atoms with Crippen molar-refractivity contribution in [1.29, 1.82) is 0 Å². The minimum Gasteiger partial charge on any atom is -0.284 e. The lowest BCUT2D eigenvalue weighted by molar-refractivity contribution is 0.609. The third-order valence-corrected chi connectivity index (χ3v) is 5.65. The van der Waals surface area contributed by atoms with E-state index in [4.69, 9.17) is 4.99 Å². The van der Waals surface area contributed by atoms with Crippen molar-refractivity contribution in [3.05, 3.63) is 76.6 Å². The van der Waals surface area contributed by atoms with Gasteiger partial charge in [0.1, 0.15) is 0 Å². The largest absolute Gasteiger partial charge is 0.284 e. The Kier molecular flexibility index (Phi) is 3.44. The van der Waals surface area contributed by atoms with Gasteiger partial charge in [-0.25, -0.2) is 0 Å². The molecule has 0 saturated heterocycles. The third-order valence-electron chi connectivity index (χ3n) is 5.65. The summed E-state index contributed by atoms with van der Waals surface area (Å²) in [7, 11) is 0. The molecule has 3 aliphatic rings. The van der Waals surface area contributed by atoms with Gasteiger partial charge in [0.2, 0.25) is 0 Å². The minimum atomic E-state index is 0.404. The fraction of sp³-hybridized carbons (Fsp3) is 0.304. The van der Waals surface area contributed by atoms with Crippen LogP contribution in [0.4, 0.5) is 0 Å². The van der Waals surface area contributed by atoms with E-state index >= 15 is 0 Å². The summed E-state index contributed by atoms with van der Waals surface area (Å²) in [6.07, 6.45) is 13.6. The van der Waals surface area contributed by atoms with Crippen LogP contribution in [0.2, 0.25) is 0 Å². The first kappa shape index (κ1) is 14.8. The molecule has 124 valence electrons. The highest BCUT2D eigenvalue weighted by atomic mass is 14.8. The maximum absolute atomic E-state index is 4.76. The standard InChI is InChI=1S/C23H22N2/c1-15-21(3-2-10-24-15)19-7-6-17(12-19)18-8-9-22-20(13-18)14-25-23(22)11-16-4-5-16/h2-3,7-10,12-14,16,23H,4-6,11H2,1H3. The first-order chi connectivity index (χ1) is 12.3. The van der Waals surface area contributed by atoms with Gasteiger partial charge in [-0.2, -0.15) is 0 Å². The molecule has 2 heteroatoms. The highest BCUT2D eigenvalue weighted by Gasteiger charge is 2.29. The second kappa shape index (κ2) is 5.80. The number of benzene rings is 1. The second-order valence-corrected chi connectivity index (χ2v) is 7.49. The van der Waals surface area contributed by atoms with E-state index in [1.54, 1.807) is 0 Å². The monoisotopic (exact) mass is 326 g/mol. The molecule has 1 saturated carbocycles. The lowest BCUT2D eigenvalue weighted by Gasteiger charge is -2.10. The number of hydrogen-bond acceptors (Lipinski definition) is 2. The summed E-state index contributed by atoms with van der Waals surface area (Å²) in [5.74, 6) is 0.916. The fourth-order valence-corrected chi connectivity index (χ4v) is 4.00. The Morgan fingerprint density at radius 1 is 1.16 bits per heavy atom. The van der Waals surface area contributed by atoms with Crippen LogP contribution in [0.25, 0.3) is 11.1 Å². The number of nitrogens with zero attached hydrogens (tertiary/aromatic N) is 2. The van der Waals surface area contributed by atoms with Gasteiger partial charge in [0.25, 0.3) is 0 Å². The summed E-state index contributed by atoms with van der Waals surface area (Å²) < 4.78 is 0. The molecule has 0 radical (unpaired) electrons. The van der Waals surface area contributed by atoms with E-state index in [9.17, 15) is 0 Å². The number of pyridine rings is 1. The SMILES string of the molecule is Cc1ncccc1C1=CCC(c2ccc3c(c2)C=NC3CC2CC2)=C1. The number of aliphatic imine (C=N–C) groups is 1. The number of allylic oxidation sites excluding steroid dienone is 4. The number of hydrogen-bond donors (Lipinski definition) is 0. The van der Waals surface area contributed by atoms with E-state index in [-0.39, 0.29) is 0 Å². The van der Waals surface area contributed by atoms with Crippen molar-refractivity contribution in [2.45, 2.75) is 38.6 Å². The summed E-state index contributed by atoms with van der Waals surface area (Å²) in [6.45, 7) is 2.08. The smallest absolute Gasteiger partial charge is 0.0758 e. The summed E-state index contributed by atoms with van der Waals surface area (Å²) in [4.78, 5) is 9.18. The van der Waals surface area contributed by atoms with Crippen LogP contribution >= 0.6 is 0 Å². The molecule has 1 atom stereocenters. The van der Waals surface area contributed by atoms with Crippen LogP contribution in [0, 0.1) is 12.8 Å². The normalized spacial score (nSPS) is 21.2. The summed E-state index contributed by atoms with van der Waals surface area (Å²) in [6, 6.07) is 11.5. The zero-order valence-electron chi connectivity index (χ0n) is 14.6. The van der Waals surface area contributed by atoms with Gasteiger partial charge in [-0.3, -0.25) is 9.98 Å². The summed E-state index contributed by atoms with van der Waals surface area (Å²) in [5, 5.41) is 0.